The lowest BCUT2D eigenvalue weighted by Gasteiger charge is -2.14. The lowest BCUT2D eigenvalue weighted by Crippen LogP contribution is -2.34. The van der Waals surface area contributed by atoms with Crippen molar-refractivity contribution < 1.29 is 9.53 Å². The SMILES string of the molecule is COc1ccc(C(=O)NC(=S)Nc2cccc(-c3nc4ccccc4s3)c2C)cc1Cl. The van der Waals surface area contributed by atoms with Crippen molar-refractivity contribution in [3.8, 4) is 16.3 Å². The molecule has 0 spiro atoms. The molecule has 0 aliphatic rings. The molecule has 2 N–H and O–H groups in total. The summed E-state index contributed by atoms with van der Waals surface area (Å²) in [4.78, 5) is 17.3. The van der Waals surface area contributed by atoms with Gasteiger partial charge in [0.15, 0.2) is 5.11 Å². The zero-order valence-electron chi connectivity index (χ0n) is 16.7. The summed E-state index contributed by atoms with van der Waals surface area (Å²) in [5, 5.41) is 7.28. The van der Waals surface area contributed by atoms with Gasteiger partial charge in [-0.2, -0.15) is 0 Å². The summed E-state index contributed by atoms with van der Waals surface area (Å²) < 4.78 is 6.25. The number of rotatable bonds is 4. The topological polar surface area (TPSA) is 63.2 Å². The van der Waals surface area contributed by atoms with Crippen molar-refractivity contribution in [2.75, 3.05) is 12.4 Å². The average Bonchev–Trinajstić information content (AvgIpc) is 3.19. The lowest BCUT2D eigenvalue weighted by atomic mass is 10.1. The first-order valence-corrected chi connectivity index (χ1v) is 11.0. The van der Waals surface area contributed by atoms with Crippen LogP contribution < -0.4 is 15.4 Å². The van der Waals surface area contributed by atoms with Crippen LogP contribution in [0.2, 0.25) is 5.02 Å². The third-order valence-electron chi connectivity index (χ3n) is 4.75. The van der Waals surface area contributed by atoms with E-state index in [9.17, 15) is 4.79 Å². The summed E-state index contributed by atoms with van der Waals surface area (Å²) in [6.07, 6.45) is 0. The van der Waals surface area contributed by atoms with Crippen LogP contribution in [-0.4, -0.2) is 23.1 Å². The number of thiazole rings is 1. The summed E-state index contributed by atoms with van der Waals surface area (Å²) in [5.41, 5.74) is 4.17. The Morgan fingerprint density at radius 2 is 1.94 bits per heavy atom. The summed E-state index contributed by atoms with van der Waals surface area (Å²) in [5.74, 6) is 0.142. The van der Waals surface area contributed by atoms with E-state index in [2.05, 4.69) is 16.7 Å². The molecule has 0 aliphatic carbocycles. The molecular formula is C23H18ClN3O2S2. The van der Waals surface area contributed by atoms with Crippen LogP contribution in [0.15, 0.2) is 60.7 Å². The van der Waals surface area contributed by atoms with Crippen molar-refractivity contribution in [3.05, 3.63) is 76.8 Å². The first kappa shape index (κ1) is 21.2. The maximum atomic E-state index is 12.5. The van der Waals surface area contributed by atoms with Crippen LogP contribution in [0.1, 0.15) is 15.9 Å². The molecule has 1 aromatic heterocycles. The molecule has 0 atom stereocenters. The first-order chi connectivity index (χ1) is 15.0. The fraction of sp³-hybridized carbons (Fsp3) is 0.0870. The fourth-order valence-electron chi connectivity index (χ4n) is 3.13. The Morgan fingerprint density at radius 1 is 1.13 bits per heavy atom. The monoisotopic (exact) mass is 467 g/mol. The number of hydrogen-bond donors (Lipinski definition) is 2. The smallest absolute Gasteiger partial charge is 0.257 e. The van der Waals surface area contributed by atoms with Gasteiger partial charge in [-0.15, -0.1) is 11.3 Å². The second-order valence-corrected chi connectivity index (χ2v) is 8.57. The second kappa shape index (κ2) is 9.01. The molecule has 8 heteroatoms. The minimum absolute atomic E-state index is 0.196. The molecule has 1 heterocycles. The molecule has 156 valence electrons. The maximum Gasteiger partial charge on any atom is 0.257 e. The Kier molecular flexibility index (Phi) is 6.18. The number of para-hydroxylation sites is 1. The number of carbonyl (C=O) groups is 1. The number of nitrogens with one attached hydrogen (secondary N) is 2. The number of halogens is 1. The average molecular weight is 468 g/mol. The fourth-order valence-corrected chi connectivity index (χ4v) is 4.64. The number of methoxy groups -OCH3 is 1. The van der Waals surface area contributed by atoms with Gasteiger partial charge >= 0.3 is 0 Å². The number of fused-ring (bicyclic) bond motifs is 1. The third-order valence-corrected chi connectivity index (χ3v) is 6.32. The second-order valence-electron chi connectivity index (χ2n) is 6.72. The van der Waals surface area contributed by atoms with Gasteiger partial charge in [0.25, 0.3) is 5.91 Å². The van der Waals surface area contributed by atoms with Gasteiger partial charge in [0.2, 0.25) is 0 Å². The molecule has 4 rings (SSSR count). The highest BCUT2D eigenvalue weighted by atomic mass is 35.5. The minimum Gasteiger partial charge on any atom is -0.495 e. The summed E-state index contributed by atoms with van der Waals surface area (Å²) in [6, 6.07) is 18.7. The van der Waals surface area contributed by atoms with Gasteiger partial charge in [-0.3, -0.25) is 10.1 Å². The number of anilines is 1. The van der Waals surface area contributed by atoms with Crippen LogP contribution in [0.3, 0.4) is 0 Å². The zero-order valence-corrected chi connectivity index (χ0v) is 19.1. The molecule has 31 heavy (non-hydrogen) atoms. The summed E-state index contributed by atoms with van der Waals surface area (Å²) in [6.45, 7) is 2.00. The van der Waals surface area contributed by atoms with Crippen molar-refractivity contribution in [2.45, 2.75) is 6.92 Å². The van der Waals surface area contributed by atoms with Crippen LogP contribution in [0.5, 0.6) is 5.75 Å². The summed E-state index contributed by atoms with van der Waals surface area (Å²) in [7, 11) is 1.52. The van der Waals surface area contributed by atoms with E-state index >= 15 is 0 Å². The van der Waals surface area contributed by atoms with Crippen LogP contribution in [0, 0.1) is 6.92 Å². The standard InChI is InChI=1S/C23H18ClN3O2S2/c1-13-15(22-25-18-7-3-4-9-20(18)31-22)6-5-8-17(13)26-23(30)27-21(28)14-10-11-19(29-2)16(24)12-14/h3-12H,1-2H3,(H2,26,27,28,30). The predicted octanol–water partition coefficient (Wildman–Crippen LogP) is 6.06. The number of carbonyl (C=O) groups excluding carboxylic acids is 1. The van der Waals surface area contributed by atoms with Crippen LogP contribution >= 0.6 is 35.2 Å². The van der Waals surface area contributed by atoms with Crippen molar-refractivity contribution in [1.82, 2.24) is 10.3 Å². The highest BCUT2D eigenvalue weighted by molar-refractivity contribution is 7.80. The molecule has 0 fully saturated rings. The van der Waals surface area contributed by atoms with Crippen molar-refractivity contribution in [3.63, 3.8) is 0 Å². The Labute approximate surface area is 194 Å². The maximum absolute atomic E-state index is 12.5. The van der Waals surface area contributed by atoms with E-state index in [0.29, 0.717) is 16.3 Å². The highest BCUT2D eigenvalue weighted by Gasteiger charge is 2.14. The quantitative estimate of drug-likeness (QED) is 0.357. The van der Waals surface area contributed by atoms with Crippen LogP contribution in [0.4, 0.5) is 5.69 Å². The Balaban J connectivity index is 1.51. The Bertz CT molecular complexity index is 1270. The van der Waals surface area contributed by atoms with E-state index in [4.69, 9.17) is 33.5 Å². The normalized spacial score (nSPS) is 10.7. The predicted molar refractivity (Wildman–Crippen MR) is 131 cm³/mol. The molecule has 1 amide bonds. The molecule has 5 nitrogen and oxygen atoms in total. The molecule has 4 aromatic rings. The first-order valence-electron chi connectivity index (χ1n) is 9.37. The Hall–Kier alpha value is -3.00. The van der Waals surface area contributed by atoms with E-state index in [0.717, 1.165) is 32.0 Å². The van der Waals surface area contributed by atoms with Crippen molar-refractivity contribution in [1.29, 1.82) is 0 Å². The van der Waals surface area contributed by atoms with Gasteiger partial charge in [0.05, 0.1) is 22.3 Å². The van der Waals surface area contributed by atoms with Crippen LogP contribution in [-0.2, 0) is 0 Å². The van der Waals surface area contributed by atoms with E-state index in [1.54, 1.807) is 23.5 Å². The Morgan fingerprint density at radius 3 is 2.68 bits per heavy atom. The molecule has 0 aliphatic heterocycles. The molecular weight excluding hydrogens is 450 g/mol. The molecule has 0 bridgehead atoms. The molecule has 0 unspecified atom stereocenters. The third kappa shape index (κ3) is 4.54. The number of amides is 1. The van der Waals surface area contributed by atoms with Gasteiger partial charge < -0.3 is 10.1 Å². The van der Waals surface area contributed by atoms with E-state index in [1.165, 1.54) is 13.2 Å². The zero-order chi connectivity index (χ0) is 22.0. The van der Waals surface area contributed by atoms with Gasteiger partial charge in [-0.25, -0.2) is 4.98 Å². The largest absolute Gasteiger partial charge is 0.495 e. The van der Waals surface area contributed by atoms with Gasteiger partial charge in [0.1, 0.15) is 10.8 Å². The number of benzene rings is 3. The van der Waals surface area contributed by atoms with Gasteiger partial charge in [0, 0.05) is 16.8 Å². The van der Waals surface area contributed by atoms with E-state index < -0.39 is 0 Å². The summed E-state index contributed by atoms with van der Waals surface area (Å²) >= 11 is 13.1. The highest BCUT2D eigenvalue weighted by Crippen LogP contribution is 2.34. The lowest BCUT2D eigenvalue weighted by molar-refractivity contribution is 0.0977. The molecule has 0 saturated carbocycles. The molecule has 0 radical (unpaired) electrons. The van der Waals surface area contributed by atoms with Crippen LogP contribution in [0.25, 0.3) is 20.8 Å². The van der Waals surface area contributed by atoms with Crippen molar-refractivity contribution in [2.24, 2.45) is 0 Å². The van der Waals surface area contributed by atoms with E-state index in [-0.39, 0.29) is 11.0 Å². The number of thiocarbonyl (C=S) groups is 1. The number of hydrogen-bond acceptors (Lipinski definition) is 5. The number of ether oxygens (including phenoxy) is 1. The van der Waals surface area contributed by atoms with Gasteiger partial charge in [-0.1, -0.05) is 35.9 Å². The molecule has 3 aromatic carbocycles. The minimum atomic E-state index is -0.359. The van der Waals surface area contributed by atoms with Gasteiger partial charge in [-0.05, 0) is 61.1 Å². The number of nitrogens with zero attached hydrogens (tertiary/aromatic N) is 1. The number of aromatic nitrogens is 1. The van der Waals surface area contributed by atoms with E-state index in [1.807, 2.05) is 43.3 Å². The molecule has 0 saturated heterocycles. The van der Waals surface area contributed by atoms with Crippen molar-refractivity contribution >= 4 is 62.1 Å².